The molecular formula is C19H30ClN. The lowest BCUT2D eigenvalue weighted by Gasteiger charge is -2.44. The van der Waals surface area contributed by atoms with Crippen molar-refractivity contribution < 1.29 is 0 Å². The van der Waals surface area contributed by atoms with Gasteiger partial charge in [-0.1, -0.05) is 51.3 Å². The quantitative estimate of drug-likeness (QED) is 0.738. The van der Waals surface area contributed by atoms with E-state index in [2.05, 4.69) is 52.1 Å². The molecule has 1 aliphatic carbocycles. The number of nitrogens with one attached hydrogen (secondary N) is 1. The summed E-state index contributed by atoms with van der Waals surface area (Å²) in [5, 5.41) is 4.65. The molecule has 0 spiro atoms. The normalized spacial score (nSPS) is 23.0. The van der Waals surface area contributed by atoms with Crippen molar-refractivity contribution in [2.75, 3.05) is 6.54 Å². The Hall–Kier alpha value is -0.530. The van der Waals surface area contributed by atoms with Crippen LogP contribution in [0.15, 0.2) is 12.1 Å². The van der Waals surface area contributed by atoms with Gasteiger partial charge in [0.2, 0.25) is 0 Å². The Morgan fingerprint density at radius 2 is 1.95 bits per heavy atom. The lowest BCUT2D eigenvalue weighted by molar-refractivity contribution is 0.0986. The standard InChI is InChI=1S/C19H30ClN/c1-6-21-18(16-9-7-8-10-19(16,4)5)15-11-14(3)17(20)12-13(15)2/h11-12,16,18,21H,6-10H2,1-5H3. The summed E-state index contributed by atoms with van der Waals surface area (Å²) < 4.78 is 0. The van der Waals surface area contributed by atoms with Crippen LogP contribution in [0.4, 0.5) is 0 Å². The van der Waals surface area contributed by atoms with Crippen LogP contribution >= 0.6 is 11.6 Å². The monoisotopic (exact) mass is 307 g/mol. The molecule has 2 unspecified atom stereocenters. The van der Waals surface area contributed by atoms with Crippen molar-refractivity contribution in [2.24, 2.45) is 11.3 Å². The van der Waals surface area contributed by atoms with E-state index < -0.39 is 0 Å². The fraction of sp³-hybridized carbons (Fsp3) is 0.684. The van der Waals surface area contributed by atoms with Gasteiger partial charge in [0, 0.05) is 11.1 Å². The van der Waals surface area contributed by atoms with Crippen molar-refractivity contribution in [1.82, 2.24) is 5.32 Å². The molecule has 1 aromatic carbocycles. The van der Waals surface area contributed by atoms with Gasteiger partial charge in [0.1, 0.15) is 0 Å². The number of halogens is 1. The third kappa shape index (κ3) is 3.63. The highest BCUT2D eigenvalue weighted by molar-refractivity contribution is 6.31. The Balaban J connectivity index is 2.41. The summed E-state index contributed by atoms with van der Waals surface area (Å²) in [5.41, 5.74) is 4.36. The Bertz CT molecular complexity index is 493. The molecule has 1 aromatic rings. The first-order chi connectivity index (χ1) is 9.86. The van der Waals surface area contributed by atoms with Gasteiger partial charge in [-0.3, -0.25) is 0 Å². The highest BCUT2D eigenvalue weighted by Crippen LogP contribution is 2.47. The van der Waals surface area contributed by atoms with Gasteiger partial charge in [-0.2, -0.15) is 0 Å². The summed E-state index contributed by atoms with van der Waals surface area (Å²) in [6.07, 6.45) is 5.40. The number of benzene rings is 1. The zero-order chi connectivity index (χ0) is 15.6. The second kappa shape index (κ2) is 6.71. The van der Waals surface area contributed by atoms with E-state index in [1.807, 2.05) is 0 Å². The topological polar surface area (TPSA) is 12.0 Å². The molecule has 0 amide bonds. The van der Waals surface area contributed by atoms with Crippen LogP contribution in [-0.4, -0.2) is 6.54 Å². The predicted octanol–water partition coefficient (Wildman–Crippen LogP) is 5.82. The molecule has 0 heterocycles. The maximum Gasteiger partial charge on any atom is 0.0438 e. The molecular weight excluding hydrogens is 278 g/mol. The molecule has 118 valence electrons. The SMILES string of the molecule is CCNC(c1cc(C)c(Cl)cc1C)C1CCCCC1(C)C. The largest absolute Gasteiger partial charge is 0.310 e. The summed E-state index contributed by atoms with van der Waals surface area (Å²) in [6, 6.07) is 4.88. The minimum atomic E-state index is 0.408. The Labute approximate surface area is 135 Å². The van der Waals surface area contributed by atoms with Crippen molar-refractivity contribution in [3.8, 4) is 0 Å². The van der Waals surface area contributed by atoms with Crippen LogP contribution in [0.25, 0.3) is 0 Å². The van der Waals surface area contributed by atoms with Gasteiger partial charge in [0.15, 0.2) is 0 Å². The third-order valence-electron chi connectivity index (χ3n) is 5.30. The Morgan fingerprint density at radius 1 is 1.24 bits per heavy atom. The molecule has 1 N–H and O–H groups in total. The number of rotatable bonds is 4. The van der Waals surface area contributed by atoms with E-state index in [0.29, 0.717) is 17.4 Å². The van der Waals surface area contributed by atoms with Gasteiger partial charge in [-0.15, -0.1) is 0 Å². The minimum absolute atomic E-state index is 0.408. The molecule has 0 bridgehead atoms. The lowest BCUT2D eigenvalue weighted by Crippen LogP contribution is -2.39. The van der Waals surface area contributed by atoms with Gasteiger partial charge in [-0.25, -0.2) is 0 Å². The van der Waals surface area contributed by atoms with Crippen LogP contribution in [0, 0.1) is 25.2 Å². The zero-order valence-electron chi connectivity index (χ0n) is 14.2. The van der Waals surface area contributed by atoms with E-state index in [-0.39, 0.29) is 0 Å². The van der Waals surface area contributed by atoms with Gasteiger partial charge < -0.3 is 5.32 Å². The first-order valence-corrected chi connectivity index (χ1v) is 8.74. The molecule has 1 saturated carbocycles. The number of hydrogen-bond acceptors (Lipinski definition) is 1. The van der Waals surface area contributed by atoms with E-state index >= 15 is 0 Å². The highest BCUT2D eigenvalue weighted by Gasteiger charge is 2.38. The minimum Gasteiger partial charge on any atom is -0.310 e. The smallest absolute Gasteiger partial charge is 0.0438 e. The first-order valence-electron chi connectivity index (χ1n) is 8.37. The zero-order valence-corrected chi connectivity index (χ0v) is 15.0. The summed E-state index contributed by atoms with van der Waals surface area (Å²) >= 11 is 6.29. The van der Waals surface area contributed by atoms with E-state index in [0.717, 1.165) is 11.6 Å². The van der Waals surface area contributed by atoms with Crippen LogP contribution in [0.3, 0.4) is 0 Å². The molecule has 0 saturated heterocycles. The molecule has 0 aromatic heterocycles. The average Bonchev–Trinajstić information content (AvgIpc) is 2.41. The Kier molecular flexibility index (Phi) is 5.38. The maximum atomic E-state index is 6.29. The first kappa shape index (κ1) is 16.8. The summed E-state index contributed by atoms with van der Waals surface area (Å²) in [5.74, 6) is 0.700. The van der Waals surface area contributed by atoms with Crippen LogP contribution in [0.5, 0.6) is 0 Å². The summed E-state index contributed by atoms with van der Waals surface area (Å²) in [4.78, 5) is 0. The fourth-order valence-corrected chi connectivity index (χ4v) is 4.18. The van der Waals surface area contributed by atoms with E-state index in [4.69, 9.17) is 11.6 Å². The molecule has 2 rings (SSSR count). The van der Waals surface area contributed by atoms with E-state index in [1.165, 1.54) is 42.4 Å². The van der Waals surface area contributed by atoms with Gasteiger partial charge >= 0.3 is 0 Å². The van der Waals surface area contributed by atoms with Crippen molar-refractivity contribution in [3.63, 3.8) is 0 Å². The predicted molar refractivity (Wildman–Crippen MR) is 93.1 cm³/mol. The molecule has 1 fully saturated rings. The molecule has 2 heteroatoms. The number of aryl methyl sites for hydroxylation is 2. The molecule has 0 radical (unpaired) electrons. The molecule has 21 heavy (non-hydrogen) atoms. The van der Waals surface area contributed by atoms with Gasteiger partial charge in [0.25, 0.3) is 0 Å². The number of hydrogen-bond donors (Lipinski definition) is 1. The van der Waals surface area contributed by atoms with Gasteiger partial charge in [-0.05, 0) is 67.3 Å². The van der Waals surface area contributed by atoms with Crippen LogP contribution in [0.1, 0.15) is 69.2 Å². The Morgan fingerprint density at radius 3 is 2.57 bits per heavy atom. The summed E-state index contributed by atoms with van der Waals surface area (Å²) in [6.45, 7) is 12.4. The van der Waals surface area contributed by atoms with Crippen LogP contribution < -0.4 is 5.32 Å². The fourth-order valence-electron chi connectivity index (χ4n) is 3.97. The summed E-state index contributed by atoms with van der Waals surface area (Å²) in [7, 11) is 0. The van der Waals surface area contributed by atoms with Crippen molar-refractivity contribution in [2.45, 2.75) is 66.3 Å². The van der Waals surface area contributed by atoms with Crippen LogP contribution in [-0.2, 0) is 0 Å². The van der Waals surface area contributed by atoms with E-state index in [9.17, 15) is 0 Å². The third-order valence-corrected chi connectivity index (χ3v) is 5.71. The molecule has 1 nitrogen and oxygen atoms in total. The molecule has 2 atom stereocenters. The molecule has 1 aliphatic rings. The second-order valence-electron chi connectivity index (χ2n) is 7.33. The van der Waals surface area contributed by atoms with Crippen LogP contribution in [0.2, 0.25) is 5.02 Å². The molecule has 0 aliphatic heterocycles. The van der Waals surface area contributed by atoms with Crippen molar-refractivity contribution in [3.05, 3.63) is 33.8 Å². The highest BCUT2D eigenvalue weighted by atomic mass is 35.5. The average molecular weight is 308 g/mol. The maximum absolute atomic E-state index is 6.29. The second-order valence-corrected chi connectivity index (χ2v) is 7.74. The lowest BCUT2D eigenvalue weighted by atomic mass is 9.64. The van der Waals surface area contributed by atoms with Gasteiger partial charge in [0.05, 0.1) is 0 Å². The van der Waals surface area contributed by atoms with E-state index in [1.54, 1.807) is 0 Å². The van der Waals surface area contributed by atoms with Crippen molar-refractivity contribution in [1.29, 1.82) is 0 Å². The van der Waals surface area contributed by atoms with Crippen molar-refractivity contribution >= 4 is 11.6 Å².